The van der Waals surface area contributed by atoms with Crippen LogP contribution in [0.2, 0.25) is 0 Å². The molecule has 6 heteroatoms. The normalized spacial score (nSPS) is 5.83. The third-order valence-corrected chi connectivity index (χ3v) is 0. The van der Waals surface area contributed by atoms with Crippen LogP contribution in [0.3, 0.4) is 0 Å². The predicted octanol–water partition coefficient (Wildman–Crippen LogP) is -2.53. The SMILES string of the molecule is O=[Se](O)O.[Fe].[SeH2]. The van der Waals surface area contributed by atoms with Gasteiger partial charge in [0.05, 0.1) is 0 Å². The molecule has 0 spiro atoms. The molecule has 0 saturated heterocycles. The Hall–Kier alpha value is 1.28. The Balaban J connectivity index is -0.0000000450. The van der Waals surface area contributed by atoms with Gasteiger partial charge in [-0.25, -0.2) is 0 Å². The van der Waals surface area contributed by atoms with Gasteiger partial charge in [0.15, 0.2) is 0 Å². The van der Waals surface area contributed by atoms with Gasteiger partial charge in [-0.3, -0.25) is 0 Å². The minimum absolute atomic E-state index is 0. The number of hydrogen-bond donors (Lipinski definition) is 2. The molecule has 3 nitrogen and oxygen atoms in total. The summed E-state index contributed by atoms with van der Waals surface area (Å²) in [7, 11) is 0. The van der Waals surface area contributed by atoms with E-state index in [2.05, 4.69) is 0 Å². The van der Waals surface area contributed by atoms with Gasteiger partial charge in [-0.2, -0.15) is 0 Å². The fraction of sp³-hybridized carbons (Fsp3) is 0. The van der Waals surface area contributed by atoms with Gasteiger partial charge < -0.3 is 0 Å². The van der Waals surface area contributed by atoms with Crippen molar-refractivity contribution < 1.29 is 29.3 Å². The maximum absolute atomic E-state index is 8.76. The van der Waals surface area contributed by atoms with E-state index in [9.17, 15) is 0 Å². The van der Waals surface area contributed by atoms with Gasteiger partial charge in [0.25, 0.3) is 0 Å². The summed E-state index contributed by atoms with van der Waals surface area (Å²) in [4.78, 5) is 0. The minimum atomic E-state index is -3.29. The van der Waals surface area contributed by atoms with Crippen molar-refractivity contribution in [3.63, 3.8) is 0 Å². The molecular weight excluding hydrogens is 262 g/mol. The van der Waals surface area contributed by atoms with Crippen LogP contribution in [0.5, 0.6) is 0 Å². The number of rotatable bonds is 0. The Morgan fingerprint density at radius 2 is 1.33 bits per heavy atom. The first-order valence-electron chi connectivity index (χ1n) is 0.532. The van der Waals surface area contributed by atoms with Crippen molar-refractivity contribution in [1.82, 2.24) is 0 Å². The molecule has 0 saturated carbocycles. The Labute approximate surface area is 60.8 Å². The molecule has 0 rings (SSSR count). The van der Waals surface area contributed by atoms with E-state index in [-0.39, 0.29) is 34.1 Å². The van der Waals surface area contributed by atoms with E-state index in [4.69, 9.17) is 12.2 Å². The Kier molecular flexibility index (Phi) is 25.0. The molecule has 0 aromatic rings. The summed E-state index contributed by atoms with van der Waals surface area (Å²) in [5, 5.41) is 0. The van der Waals surface area contributed by atoms with Crippen molar-refractivity contribution in [3.8, 4) is 0 Å². The van der Waals surface area contributed by atoms with Crippen molar-refractivity contribution >= 4 is 31.6 Å². The molecule has 0 heterocycles. The van der Waals surface area contributed by atoms with Gasteiger partial charge in [-0.15, -0.1) is 0 Å². The van der Waals surface area contributed by atoms with Gasteiger partial charge in [-0.1, -0.05) is 0 Å². The van der Waals surface area contributed by atoms with E-state index in [0.29, 0.717) is 0 Å². The quantitative estimate of drug-likeness (QED) is 0.475. The standard InChI is InChI=1S/Fe.H2O3Se.H2Se/c;1-4(2)3;/h;(H2,1,2,3);1H2. The van der Waals surface area contributed by atoms with Crippen molar-refractivity contribution in [2.24, 2.45) is 0 Å². The van der Waals surface area contributed by atoms with Crippen LogP contribution in [0, 0.1) is 0 Å². The van der Waals surface area contributed by atoms with E-state index in [1.165, 1.54) is 0 Å². The summed E-state index contributed by atoms with van der Waals surface area (Å²) in [6.45, 7) is 0. The maximum atomic E-state index is 8.76. The first-order valence-corrected chi connectivity index (χ1v) is 2.76. The molecule has 0 aliphatic carbocycles. The zero-order valence-electron chi connectivity index (χ0n) is 2.56. The molecule has 0 aromatic heterocycles. The Bertz CT molecular complexity index is 31.8. The van der Waals surface area contributed by atoms with Gasteiger partial charge in [0.2, 0.25) is 0 Å². The van der Waals surface area contributed by atoms with Crippen molar-refractivity contribution in [2.45, 2.75) is 0 Å². The summed E-state index contributed by atoms with van der Waals surface area (Å²) < 4.78 is 23.1. The topological polar surface area (TPSA) is 57.5 Å². The second-order valence-electron chi connectivity index (χ2n) is 0.231. The summed E-state index contributed by atoms with van der Waals surface area (Å²) in [5.74, 6) is 0. The van der Waals surface area contributed by atoms with Gasteiger partial charge in [0, 0.05) is 17.1 Å². The average molecular weight is 266 g/mol. The molecule has 0 aliphatic rings. The monoisotopic (exact) mass is 268 g/mol. The summed E-state index contributed by atoms with van der Waals surface area (Å²) >= 11 is -3.29. The molecule has 0 aromatic carbocycles. The first kappa shape index (κ1) is 15.7. The molecule has 2 N–H and O–H groups in total. The molecule has 0 unspecified atom stereocenters. The van der Waals surface area contributed by atoms with Crippen LogP contribution in [-0.4, -0.2) is 39.9 Å². The second kappa shape index (κ2) is 9.56. The van der Waals surface area contributed by atoms with E-state index < -0.39 is 14.5 Å². The van der Waals surface area contributed by atoms with Crippen LogP contribution in [-0.2, 0) is 20.9 Å². The second-order valence-corrected chi connectivity index (χ2v) is 1.20. The zero-order chi connectivity index (χ0) is 3.58. The molecule has 6 heavy (non-hydrogen) atoms. The van der Waals surface area contributed by atoms with Crippen LogP contribution in [0.25, 0.3) is 0 Å². The van der Waals surface area contributed by atoms with Crippen molar-refractivity contribution in [2.75, 3.05) is 0 Å². The van der Waals surface area contributed by atoms with Crippen molar-refractivity contribution in [3.05, 3.63) is 0 Å². The fourth-order valence-electron chi connectivity index (χ4n) is 0. The summed E-state index contributed by atoms with van der Waals surface area (Å²) in [6, 6.07) is 0. The fourth-order valence-corrected chi connectivity index (χ4v) is 0. The van der Waals surface area contributed by atoms with Gasteiger partial charge in [0.1, 0.15) is 0 Å². The predicted molar refractivity (Wildman–Crippen MR) is 19.4 cm³/mol. The molecule has 0 amide bonds. The third kappa shape index (κ3) is 59.1. The average Bonchev–Trinajstić information content (AvgIpc) is 0.811. The molecule has 0 bridgehead atoms. The van der Waals surface area contributed by atoms with Crippen LogP contribution < -0.4 is 0 Å². The Morgan fingerprint density at radius 1 is 1.33 bits per heavy atom. The van der Waals surface area contributed by atoms with Gasteiger partial charge in [-0.05, 0) is 0 Å². The number of hydrogen-bond acceptors (Lipinski definition) is 1. The summed E-state index contributed by atoms with van der Waals surface area (Å²) in [6.07, 6.45) is 0. The third-order valence-electron chi connectivity index (χ3n) is 0. The van der Waals surface area contributed by atoms with Crippen LogP contribution >= 0.6 is 0 Å². The zero-order valence-corrected chi connectivity index (χ0v) is 7.48. The van der Waals surface area contributed by atoms with Crippen LogP contribution in [0.4, 0.5) is 0 Å². The molecule has 0 fully saturated rings. The van der Waals surface area contributed by atoms with E-state index in [1.807, 2.05) is 0 Å². The summed E-state index contributed by atoms with van der Waals surface area (Å²) in [5.41, 5.74) is 0. The van der Waals surface area contributed by atoms with Crippen molar-refractivity contribution in [1.29, 1.82) is 0 Å². The molecule has 0 aliphatic heterocycles. The van der Waals surface area contributed by atoms with Crippen LogP contribution in [0.15, 0.2) is 0 Å². The Morgan fingerprint density at radius 3 is 1.33 bits per heavy atom. The van der Waals surface area contributed by atoms with E-state index in [1.54, 1.807) is 0 Å². The molecule has 42 valence electrons. The van der Waals surface area contributed by atoms with Crippen LogP contribution in [0.1, 0.15) is 0 Å². The molecule has 0 radical (unpaired) electrons. The van der Waals surface area contributed by atoms with E-state index in [0.717, 1.165) is 0 Å². The molecule has 0 atom stereocenters. The first-order chi connectivity index (χ1) is 1.73. The molecular formula is H4FeO3Se2. The van der Waals surface area contributed by atoms with Gasteiger partial charge >= 0.3 is 43.8 Å². The van der Waals surface area contributed by atoms with E-state index >= 15 is 0 Å².